The van der Waals surface area contributed by atoms with Crippen molar-refractivity contribution in [3.05, 3.63) is 29.3 Å². The molecule has 1 rings (SSSR count). The molecule has 144 valence electrons. The van der Waals surface area contributed by atoms with Crippen LogP contribution in [0, 0.1) is 6.92 Å². The smallest absolute Gasteiger partial charge is 0.191 e. The molecule has 0 aliphatic heterocycles. The fourth-order valence-electron chi connectivity index (χ4n) is 2.00. The Morgan fingerprint density at radius 2 is 1.76 bits per heavy atom. The van der Waals surface area contributed by atoms with Gasteiger partial charge in [-0.2, -0.15) is 0 Å². The number of ether oxygens (including phenoxy) is 2. The summed E-state index contributed by atoms with van der Waals surface area (Å²) in [5.41, 5.74) is 1.80. The predicted molar refractivity (Wildman–Crippen MR) is 116 cm³/mol. The van der Waals surface area contributed by atoms with Crippen LogP contribution in [0.2, 0.25) is 0 Å². The number of methoxy groups -OCH3 is 1. The molecule has 0 unspecified atom stereocenters. The highest BCUT2D eigenvalue weighted by molar-refractivity contribution is 14.0. The van der Waals surface area contributed by atoms with Crippen molar-refractivity contribution in [3.8, 4) is 5.75 Å². The summed E-state index contributed by atoms with van der Waals surface area (Å²) in [6.45, 7) is 13.6. The molecule has 1 aromatic rings. The van der Waals surface area contributed by atoms with Crippen LogP contribution in [-0.4, -0.2) is 37.9 Å². The largest absolute Gasteiger partial charge is 0.488 e. The van der Waals surface area contributed by atoms with Gasteiger partial charge >= 0.3 is 0 Å². The SMILES string of the molecule is CN=C(NCc1ccc(C)cc1OC(C)(C)C)NCC(C)(C)OC.I. The number of halogens is 1. The van der Waals surface area contributed by atoms with E-state index >= 15 is 0 Å². The first kappa shape index (κ1) is 24.0. The molecule has 0 atom stereocenters. The van der Waals surface area contributed by atoms with Crippen LogP contribution in [0.1, 0.15) is 45.7 Å². The fourth-order valence-corrected chi connectivity index (χ4v) is 2.00. The molecule has 0 saturated carbocycles. The Bertz CT molecular complexity index is 566. The van der Waals surface area contributed by atoms with E-state index in [2.05, 4.69) is 61.5 Å². The van der Waals surface area contributed by atoms with E-state index in [9.17, 15) is 0 Å². The van der Waals surface area contributed by atoms with Crippen molar-refractivity contribution < 1.29 is 9.47 Å². The lowest BCUT2D eigenvalue weighted by atomic mass is 10.1. The molecule has 0 aliphatic rings. The van der Waals surface area contributed by atoms with Crippen molar-refractivity contribution in [1.29, 1.82) is 0 Å². The van der Waals surface area contributed by atoms with Crippen LogP contribution in [0.15, 0.2) is 23.2 Å². The first-order chi connectivity index (χ1) is 11.1. The summed E-state index contributed by atoms with van der Waals surface area (Å²) in [6, 6.07) is 6.26. The summed E-state index contributed by atoms with van der Waals surface area (Å²) in [5, 5.41) is 6.61. The lowest BCUT2D eigenvalue weighted by Crippen LogP contribution is -2.45. The van der Waals surface area contributed by atoms with Crippen LogP contribution in [0.25, 0.3) is 0 Å². The summed E-state index contributed by atoms with van der Waals surface area (Å²) in [7, 11) is 3.47. The van der Waals surface area contributed by atoms with Gasteiger partial charge in [0, 0.05) is 32.8 Å². The first-order valence-electron chi connectivity index (χ1n) is 8.34. The van der Waals surface area contributed by atoms with Gasteiger partial charge in [0.15, 0.2) is 5.96 Å². The van der Waals surface area contributed by atoms with Gasteiger partial charge in [0.05, 0.1) is 5.60 Å². The van der Waals surface area contributed by atoms with Crippen LogP contribution in [0.4, 0.5) is 0 Å². The molecule has 2 N–H and O–H groups in total. The van der Waals surface area contributed by atoms with Crippen molar-refractivity contribution in [3.63, 3.8) is 0 Å². The van der Waals surface area contributed by atoms with Crippen LogP contribution in [-0.2, 0) is 11.3 Å². The van der Waals surface area contributed by atoms with Gasteiger partial charge in [-0.1, -0.05) is 12.1 Å². The maximum absolute atomic E-state index is 6.09. The third kappa shape index (κ3) is 9.30. The minimum absolute atomic E-state index is 0. The van der Waals surface area contributed by atoms with Crippen LogP contribution >= 0.6 is 24.0 Å². The fraction of sp³-hybridized carbons (Fsp3) is 0.632. The van der Waals surface area contributed by atoms with Gasteiger partial charge in [-0.15, -0.1) is 24.0 Å². The summed E-state index contributed by atoms with van der Waals surface area (Å²) in [4.78, 5) is 4.26. The minimum atomic E-state index is -0.248. The quantitative estimate of drug-likeness (QED) is 0.382. The Kier molecular flexibility index (Phi) is 9.79. The van der Waals surface area contributed by atoms with Gasteiger partial charge in [0.25, 0.3) is 0 Å². The lowest BCUT2D eigenvalue weighted by Gasteiger charge is -2.25. The van der Waals surface area contributed by atoms with E-state index < -0.39 is 0 Å². The van der Waals surface area contributed by atoms with Crippen molar-refractivity contribution in [2.24, 2.45) is 4.99 Å². The third-order valence-corrected chi connectivity index (χ3v) is 3.54. The number of hydrogen-bond acceptors (Lipinski definition) is 3. The molecule has 1 aromatic carbocycles. The molecule has 5 nitrogen and oxygen atoms in total. The summed E-state index contributed by atoms with van der Waals surface area (Å²) in [5.74, 6) is 1.64. The molecule has 0 fully saturated rings. The number of aliphatic imine (C=N–C) groups is 1. The van der Waals surface area contributed by atoms with Gasteiger partial charge in [-0.25, -0.2) is 0 Å². The second-order valence-electron chi connectivity index (χ2n) is 7.57. The molecule has 6 heteroatoms. The predicted octanol–water partition coefficient (Wildman–Crippen LogP) is 3.88. The lowest BCUT2D eigenvalue weighted by molar-refractivity contribution is 0.0268. The van der Waals surface area contributed by atoms with Crippen molar-refractivity contribution in [2.75, 3.05) is 20.7 Å². The van der Waals surface area contributed by atoms with Crippen LogP contribution < -0.4 is 15.4 Å². The molecule has 0 spiro atoms. The Morgan fingerprint density at radius 1 is 1.12 bits per heavy atom. The molecule has 0 radical (unpaired) electrons. The van der Waals surface area contributed by atoms with Gasteiger partial charge in [0.1, 0.15) is 11.4 Å². The topological polar surface area (TPSA) is 54.9 Å². The van der Waals surface area contributed by atoms with E-state index in [0.29, 0.717) is 13.1 Å². The van der Waals surface area contributed by atoms with Gasteiger partial charge in [0.2, 0.25) is 0 Å². The molecular weight excluding hydrogens is 429 g/mol. The normalized spacial score (nSPS) is 12.4. The van der Waals surface area contributed by atoms with Crippen molar-refractivity contribution in [2.45, 2.75) is 59.3 Å². The molecular formula is C19H34IN3O2. The molecule has 0 bridgehead atoms. The Balaban J connectivity index is 0.00000576. The summed E-state index contributed by atoms with van der Waals surface area (Å²) >= 11 is 0. The maximum Gasteiger partial charge on any atom is 0.191 e. The minimum Gasteiger partial charge on any atom is -0.488 e. The van der Waals surface area contributed by atoms with E-state index in [4.69, 9.17) is 9.47 Å². The first-order valence-corrected chi connectivity index (χ1v) is 8.34. The van der Waals surface area contributed by atoms with Crippen molar-refractivity contribution >= 4 is 29.9 Å². The monoisotopic (exact) mass is 463 g/mol. The number of guanidine groups is 1. The van der Waals surface area contributed by atoms with E-state index in [0.717, 1.165) is 17.3 Å². The zero-order valence-corrected chi connectivity index (χ0v) is 19.1. The van der Waals surface area contributed by atoms with Gasteiger partial charge < -0.3 is 20.1 Å². The van der Waals surface area contributed by atoms with Crippen molar-refractivity contribution in [1.82, 2.24) is 10.6 Å². The number of nitrogens with zero attached hydrogens (tertiary/aromatic N) is 1. The zero-order chi connectivity index (χ0) is 18.4. The highest BCUT2D eigenvalue weighted by Gasteiger charge is 2.17. The van der Waals surface area contributed by atoms with Crippen LogP contribution in [0.5, 0.6) is 5.75 Å². The second-order valence-corrected chi connectivity index (χ2v) is 7.57. The molecule has 0 aliphatic carbocycles. The molecule has 0 amide bonds. The molecule has 0 saturated heterocycles. The maximum atomic E-state index is 6.09. The number of benzene rings is 1. The van der Waals surface area contributed by atoms with E-state index in [1.165, 1.54) is 5.56 Å². The molecule has 0 aromatic heterocycles. The number of hydrogen-bond donors (Lipinski definition) is 2. The highest BCUT2D eigenvalue weighted by atomic mass is 127. The number of rotatable bonds is 6. The number of nitrogens with one attached hydrogen (secondary N) is 2. The summed E-state index contributed by atoms with van der Waals surface area (Å²) in [6.07, 6.45) is 0. The molecule has 25 heavy (non-hydrogen) atoms. The van der Waals surface area contributed by atoms with Gasteiger partial charge in [-0.05, 0) is 53.2 Å². The average molecular weight is 463 g/mol. The van der Waals surface area contributed by atoms with Gasteiger partial charge in [-0.3, -0.25) is 4.99 Å². The van der Waals surface area contributed by atoms with E-state index in [-0.39, 0.29) is 35.2 Å². The van der Waals surface area contributed by atoms with E-state index in [1.54, 1.807) is 14.2 Å². The standard InChI is InChI=1S/C19H33N3O2.HI/c1-14-9-10-15(16(11-14)24-18(2,3)4)12-21-17(20-7)22-13-19(5,6)23-8;/h9-11H,12-13H2,1-8H3,(H2,20,21,22);1H. The Labute approximate surface area is 170 Å². The summed E-state index contributed by atoms with van der Waals surface area (Å²) < 4.78 is 11.5. The van der Waals surface area contributed by atoms with Crippen LogP contribution in [0.3, 0.4) is 0 Å². The Hall–Kier alpha value is -1.02. The average Bonchev–Trinajstić information content (AvgIpc) is 2.47. The Morgan fingerprint density at radius 3 is 2.28 bits per heavy atom. The van der Waals surface area contributed by atoms with E-state index in [1.807, 2.05) is 13.8 Å². The molecule has 0 heterocycles. The highest BCUT2D eigenvalue weighted by Crippen LogP contribution is 2.24. The number of aryl methyl sites for hydroxylation is 1. The zero-order valence-electron chi connectivity index (χ0n) is 16.8. The third-order valence-electron chi connectivity index (χ3n) is 3.54. The second kappa shape index (κ2) is 10.2.